The highest BCUT2D eigenvalue weighted by atomic mass is 35.5. The van der Waals surface area contributed by atoms with Gasteiger partial charge in [0.2, 0.25) is 11.4 Å². The van der Waals surface area contributed by atoms with E-state index in [4.69, 9.17) is 11.6 Å². The number of allylic oxidation sites excluding steroid dienone is 2. The monoisotopic (exact) mass is 688 g/mol. The van der Waals surface area contributed by atoms with E-state index in [1.165, 1.54) is 30.0 Å². The molecule has 1 atom stereocenters. The average molecular weight is 689 g/mol. The van der Waals surface area contributed by atoms with Crippen molar-refractivity contribution in [2.75, 3.05) is 28.3 Å². The fourth-order valence-electron chi connectivity index (χ4n) is 4.56. The number of thiazole rings is 1. The second kappa shape index (κ2) is 13.6. The van der Waals surface area contributed by atoms with Gasteiger partial charge in [-0.2, -0.15) is 21.4 Å². The number of aliphatic hydroxyl groups excluding tert-OH is 1. The van der Waals surface area contributed by atoms with Gasteiger partial charge >= 0.3 is 0 Å². The summed E-state index contributed by atoms with van der Waals surface area (Å²) in [6.07, 6.45) is 3.28. The van der Waals surface area contributed by atoms with Gasteiger partial charge in [-0.15, -0.1) is 0 Å². The predicted molar refractivity (Wildman–Crippen MR) is 171 cm³/mol. The third-order valence-corrected chi connectivity index (χ3v) is 10.4. The molecule has 43 heavy (non-hydrogen) atoms. The molecule has 11 nitrogen and oxygen atoms in total. The molecule has 4 rings (SSSR count). The lowest BCUT2D eigenvalue weighted by atomic mass is 10.2. The summed E-state index contributed by atoms with van der Waals surface area (Å²) < 4.78 is 66.7. The average Bonchev–Trinajstić information content (AvgIpc) is 3.38. The van der Waals surface area contributed by atoms with Crippen molar-refractivity contribution in [3.63, 3.8) is 0 Å². The zero-order chi connectivity index (χ0) is 31.5. The Morgan fingerprint density at radius 1 is 1.14 bits per heavy atom. The highest BCUT2D eigenvalue weighted by molar-refractivity contribution is 8.03. The zero-order valence-electron chi connectivity index (χ0n) is 23.2. The van der Waals surface area contributed by atoms with Gasteiger partial charge in [0.25, 0.3) is 25.2 Å². The Hall–Kier alpha value is -2.50. The van der Waals surface area contributed by atoms with Crippen molar-refractivity contribution in [1.29, 1.82) is 0 Å². The van der Waals surface area contributed by atoms with Gasteiger partial charge < -0.3 is 15.3 Å². The van der Waals surface area contributed by atoms with Crippen molar-refractivity contribution in [2.24, 2.45) is 0 Å². The van der Waals surface area contributed by atoms with Crippen LogP contribution in [0.2, 0.25) is 5.02 Å². The number of carbonyl (C=O) groups is 1. The van der Waals surface area contributed by atoms with Gasteiger partial charge in [0.15, 0.2) is 6.54 Å². The van der Waals surface area contributed by atoms with Crippen molar-refractivity contribution in [2.45, 2.75) is 44.2 Å². The molecule has 0 aliphatic carbocycles. The molecule has 0 bridgehead atoms. The number of benzene rings is 2. The van der Waals surface area contributed by atoms with Crippen LogP contribution in [0.25, 0.3) is 16.3 Å². The largest absolute Gasteiger partial charge is 0.385 e. The molecule has 1 amide bonds. The molecule has 1 aliphatic rings. The summed E-state index contributed by atoms with van der Waals surface area (Å²) in [5.74, 6) is -1.45. The topological polar surface area (TPSA) is 165 Å². The van der Waals surface area contributed by atoms with Crippen molar-refractivity contribution in [3.05, 3.63) is 63.1 Å². The van der Waals surface area contributed by atoms with E-state index in [1.807, 2.05) is 42.2 Å². The number of rotatable bonds is 12. The second-order valence-corrected chi connectivity index (χ2v) is 15.5. The molecule has 1 unspecified atom stereocenters. The molecule has 16 heteroatoms. The number of hydrogen-bond donors (Lipinski definition) is 4. The highest BCUT2D eigenvalue weighted by Gasteiger charge is 2.28. The fraction of sp³-hybridized carbons (Fsp3) is 0.333. The minimum Gasteiger partial charge on any atom is -0.385 e. The van der Waals surface area contributed by atoms with E-state index < -0.39 is 37.8 Å². The maximum Gasteiger partial charge on any atom is 0.267 e. The Kier molecular flexibility index (Phi) is 10.6. The first-order valence-corrected chi connectivity index (χ1v) is 18.3. The van der Waals surface area contributed by atoms with Gasteiger partial charge in [0, 0.05) is 41.2 Å². The Labute approximate surface area is 263 Å². The Morgan fingerprint density at radius 2 is 1.88 bits per heavy atom. The molecule has 2 aromatic carbocycles. The molecule has 0 radical (unpaired) electrons. The first-order valence-electron chi connectivity index (χ1n) is 13.1. The minimum atomic E-state index is -4.40. The lowest BCUT2D eigenvalue weighted by Crippen LogP contribution is -2.43. The first-order chi connectivity index (χ1) is 20.1. The SMILES string of the molecule is CCC(=Cc1sc2ccc(Cl)cc2[n+]1CC(O)CS(=O)(=O)O)C=C1Sc2ccc(NC(C)=O)cc2N1CCCS(=O)(=O)O. The van der Waals surface area contributed by atoms with E-state index >= 15 is 0 Å². The Balaban J connectivity index is 1.75. The lowest BCUT2D eigenvalue weighted by Gasteiger charge is -2.21. The summed E-state index contributed by atoms with van der Waals surface area (Å²) in [5, 5.41) is 15.2. The standard InChI is InChI=1S/C27H30ClN3O8S4/c1-3-18(12-27-31(15-21(33)16-43(37,38)39)22-13-19(28)5-7-24(22)41-27)11-26-30(9-4-10-42(34,35)36)23-14-20(29-17(2)32)6-8-25(23)40-26/h5-8,11-14,21,33H,3-4,9-10,15-16H2,1-2H3,(H2-,29,32,34,35,36,37,38,39)/p+1. The quantitative estimate of drug-likeness (QED) is 0.156. The lowest BCUT2D eigenvalue weighted by molar-refractivity contribution is -0.675. The molecule has 2 heterocycles. The number of aromatic nitrogens is 1. The molecule has 0 saturated heterocycles. The number of carbonyl (C=O) groups excluding carboxylic acids is 1. The highest BCUT2D eigenvalue weighted by Crippen LogP contribution is 2.47. The van der Waals surface area contributed by atoms with Crippen LogP contribution in [0.3, 0.4) is 0 Å². The number of halogens is 1. The summed E-state index contributed by atoms with van der Waals surface area (Å²) in [6.45, 7) is 3.56. The van der Waals surface area contributed by atoms with Crippen LogP contribution in [0, 0.1) is 0 Å². The normalized spacial score (nSPS) is 15.7. The van der Waals surface area contributed by atoms with Crippen LogP contribution in [0.1, 0.15) is 31.7 Å². The number of nitrogens with one attached hydrogen (secondary N) is 1. The number of amides is 1. The number of fused-ring (bicyclic) bond motifs is 2. The summed E-state index contributed by atoms with van der Waals surface area (Å²) in [5.41, 5.74) is 2.95. The minimum absolute atomic E-state index is 0.104. The maximum absolute atomic E-state index is 11.6. The van der Waals surface area contributed by atoms with Gasteiger partial charge in [-0.1, -0.05) is 41.6 Å². The van der Waals surface area contributed by atoms with Crippen LogP contribution in [-0.2, 0) is 31.6 Å². The molecule has 1 aromatic heterocycles. The first kappa shape index (κ1) is 33.4. The molecule has 0 spiro atoms. The molecule has 4 N–H and O–H groups in total. The predicted octanol–water partition coefficient (Wildman–Crippen LogP) is 4.57. The van der Waals surface area contributed by atoms with Gasteiger partial charge in [-0.3, -0.25) is 13.9 Å². The summed E-state index contributed by atoms with van der Waals surface area (Å²) in [4.78, 5) is 14.5. The molecule has 3 aromatic rings. The van der Waals surface area contributed by atoms with E-state index in [0.29, 0.717) is 27.7 Å². The van der Waals surface area contributed by atoms with Crippen molar-refractivity contribution in [1.82, 2.24) is 0 Å². The summed E-state index contributed by atoms with van der Waals surface area (Å²) in [7, 11) is -8.55. The molecule has 1 aliphatic heterocycles. The van der Waals surface area contributed by atoms with Crippen LogP contribution in [0.4, 0.5) is 11.4 Å². The Morgan fingerprint density at radius 3 is 2.53 bits per heavy atom. The molecular formula is C27H31ClN3O8S4+. The zero-order valence-corrected chi connectivity index (χ0v) is 27.2. The van der Waals surface area contributed by atoms with Crippen LogP contribution in [0.15, 0.2) is 58.0 Å². The van der Waals surface area contributed by atoms with Gasteiger partial charge in [0.05, 0.1) is 16.5 Å². The fourth-order valence-corrected chi connectivity index (χ4v) is 8.09. The van der Waals surface area contributed by atoms with Gasteiger partial charge in [-0.25, -0.2) is 0 Å². The number of nitrogens with zero attached hydrogens (tertiary/aromatic N) is 2. The third-order valence-electron chi connectivity index (χ3n) is 6.35. The van der Waals surface area contributed by atoms with Gasteiger partial charge in [0.1, 0.15) is 16.6 Å². The molecular weight excluding hydrogens is 658 g/mol. The summed E-state index contributed by atoms with van der Waals surface area (Å²) >= 11 is 9.15. The van der Waals surface area contributed by atoms with Crippen LogP contribution < -0.4 is 14.8 Å². The third kappa shape index (κ3) is 9.25. The molecule has 232 valence electrons. The van der Waals surface area contributed by atoms with Crippen molar-refractivity contribution < 1.29 is 40.4 Å². The number of aliphatic hydroxyl groups is 1. The maximum atomic E-state index is 11.6. The van der Waals surface area contributed by atoms with E-state index in [9.17, 15) is 35.8 Å². The van der Waals surface area contributed by atoms with Crippen LogP contribution in [-0.4, -0.2) is 61.1 Å². The van der Waals surface area contributed by atoms with Crippen molar-refractivity contribution in [3.8, 4) is 0 Å². The smallest absolute Gasteiger partial charge is 0.267 e. The molecule has 0 saturated carbocycles. The van der Waals surface area contributed by atoms with Crippen molar-refractivity contribution >= 4 is 88.5 Å². The number of thioether (sulfide) groups is 1. The second-order valence-electron chi connectivity index (χ2n) is 9.88. The van der Waals surface area contributed by atoms with E-state index in [0.717, 1.165) is 25.9 Å². The van der Waals surface area contributed by atoms with E-state index in [-0.39, 0.29) is 25.4 Å². The number of hydrogen-bond acceptors (Lipinski definition) is 9. The molecule has 0 fully saturated rings. The van der Waals surface area contributed by atoms with E-state index in [2.05, 4.69) is 5.32 Å². The summed E-state index contributed by atoms with van der Waals surface area (Å²) in [6, 6.07) is 10.8. The van der Waals surface area contributed by atoms with Crippen LogP contribution in [0.5, 0.6) is 0 Å². The Bertz CT molecular complexity index is 1820. The van der Waals surface area contributed by atoms with E-state index in [1.54, 1.807) is 22.8 Å². The van der Waals surface area contributed by atoms with Crippen LogP contribution >= 0.6 is 34.7 Å². The van der Waals surface area contributed by atoms with Gasteiger partial charge in [-0.05, 0) is 54.8 Å². The number of anilines is 2.